The molecule has 0 bridgehead atoms. The van der Waals surface area contributed by atoms with Gasteiger partial charge in [0.25, 0.3) is 0 Å². The fourth-order valence-electron chi connectivity index (χ4n) is 2.10. The van der Waals surface area contributed by atoms with Crippen molar-refractivity contribution in [2.24, 2.45) is 5.73 Å². The van der Waals surface area contributed by atoms with E-state index in [1.54, 1.807) is 0 Å². The maximum Gasteiger partial charge on any atom is 0.162 e. The predicted octanol–water partition coefficient (Wildman–Crippen LogP) is 4.20. The summed E-state index contributed by atoms with van der Waals surface area (Å²) in [5, 5.41) is 0. The molecule has 0 spiro atoms. The van der Waals surface area contributed by atoms with Crippen molar-refractivity contribution in [1.82, 2.24) is 0 Å². The fraction of sp³-hybridized carbons (Fsp3) is 0.375. The van der Waals surface area contributed by atoms with E-state index in [4.69, 9.17) is 19.6 Å². The van der Waals surface area contributed by atoms with Crippen LogP contribution >= 0.6 is 15.9 Å². The Kier molecular flexibility index (Phi) is 5.31. The summed E-state index contributed by atoms with van der Waals surface area (Å²) in [5.74, 6) is 2.96. The quantitative estimate of drug-likeness (QED) is 0.845. The Hall–Kier alpha value is -1.46. The summed E-state index contributed by atoms with van der Waals surface area (Å²) >= 11 is 3.55. The standard InChI is InChI=1S/C16H20BrNO3/c1-4-19-14-8-11(12(17)9-15(14)20-5-2)16(18)13-7-6-10(3)21-13/h6-9,16H,4-5,18H2,1-3H3. The molecule has 0 radical (unpaired) electrons. The molecule has 1 atom stereocenters. The second-order valence-corrected chi connectivity index (χ2v) is 5.47. The highest BCUT2D eigenvalue weighted by Crippen LogP contribution is 2.37. The molecule has 2 rings (SSSR count). The van der Waals surface area contributed by atoms with Gasteiger partial charge in [-0.3, -0.25) is 0 Å². The van der Waals surface area contributed by atoms with Crippen LogP contribution in [-0.2, 0) is 0 Å². The molecule has 0 aliphatic heterocycles. The van der Waals surface area contributed by atoms with E-state index in [0.29, 0.717) is 24.7 Å². The summed E-state index contributed by atoms with van der Waals surface area (Å²) in [5.41, 5.74) is 7.20. The van der Waals surface area contributed by atoms with Crippen molar-refractivity contribution in [3.05, 3.63) is 45.8 Å². The Morgan fingerprint density at radius 1 is 1.14 bits per heavy atom. The van der Waals surface area contributed by atoms with E-state index in [-0.39, 0.29) is 6.04 Å². The first-order valence-corrected chi connectivity index (χ1v) is 7.77. The molecular formula is C16H20BrNO3. The second kappa shape index (κ2) is 7.00. The number of halogens is 1. The van der Waals surface area contributed by atoms with Crippen LogP contribution in [0.25, 0.3) is 0 Å². The van der Waals surface area contributed by atoms with Crippen LogP contribution in [0.5, 0.6) is 11.5 Å². The molecule has 1 aromatic heterocycles. The number of nitrogens with two attached hydrogens (primary N) is 1. The van der Waals surface area contributed by atoms with Crippen LogP contribution in [0.4, 0.5) is 0 Å². The Morgan fingerprint density at radius 2 is 1.76 bits per heavy atom. The lowest BCUT2D eigenvalue weighted by Gasteiger charge is -2.17. The number of benzene rings is 1. The van der Waals surface area contributed by atoms with Gasteiger partial charge in [-0.25, -0.2) is 0 Å². The zero-order chi connectivity index (χ0) is 15.4. The van der Waals surface area contributed by atoms with E-state index in [2.05, 4.69) is 15.9 Å². The summed E-state index contributed by atoms with van der Waals surface area (Å²) < 4.78 is 17.7. The van der Waals surface area contributed by atoms with Gasteiger partial charge in [0.2, 0.25) is 0 Å². The fourth-order valence-corrected chi connectivity index (χ4v) is 2.67. The van der Waals surface area contributed by atoms with Crippen molar-refractivity contribution in [2.75, 3.05) is 13.2 Å². The molecule has 0 aliphatic rings. The minimum Gasteiger partial charge on any atom is -0.490 e. The van der Waals surface area contributed by atoms with Crippen LogP contribution in [0.2, 0.25) is 0 Å². The van der Waals surface area contributed by atoms with Crippen LogP contribution in [0, 0.1) is 6.92 Å². The molecule has 1 heterocycles. The van der Waals surface area contributed by atoms with Crippen LogP contribution in [0.15, 0.2) is 33.2 Å². The number of aryl methyl sites for hydroxylation is 1. The minimum atomic E-state index is -0.358. The van der Waals surface area contributed by atoms with E-state index in [1.807, 2.05) is 45.0 Å². The Labute approximate surface area is 133 Å². The van der Waals surface area contributed by atoms with E-state index in [0.717, 1.165) is 21.6 Å². The van der Waals surface area contributed by atoms with Crippen molar-refractivity contribution in [2.45, 2.75) is 26.8 Å². The van der Waals surface area contributed by atoms with Crippen LogP contribution in [0.1, 0.15) is 37.0 Å². The topological polar surface area (TPSA) is 57.6 Å². The smallest absolute Gasteiger partial charge is 0.162 e. The number of rotatable bonds is 6. The average Bonchev–Trinajstić information content (AvgIpc) is 2.88. The summed E-state index contributed by atoms with van der Waals surface area (Å²) in [7, 11) is 0. The zero-order valence-electron chi connectivity index (χ0n) is 12.5. The third-order valence-electron chi connectivity index (χ3n) is 3.07. The summed E-state index contributed by atoms with van der Waals surface area (Å²) in [4.78, 5) is 0. The first-order chi connectivity index (χ1) is 10.1. The van der Waals surface area contributed by atoms with Crippen molar-refractivity contribution in [3.8, 4) is 11.5 Å². The molecule has 5 heteroatoms. The molecule has 0 saturated heterocycles. The third-order valence-corrected chi connectivity index (χ3v) is 3.75. The monoisotopic (exact) mass is 353 g/mol. The van der Waals surface area contributed by atoms with Crippen LogP contribution in [0.3, 0.4) is 0 Å². The maximum atomic E-state index is 6.30. The number of ether oxygens (including phenoxy) is 2. The number of furan rings is 1. The lowest BCUT2D eigenvalue weighted by atomic mass is 10.0. The number of hydrogen-bond acceptors (Lipinski definition) is 4. The Morgan fingerprint density at radius 3 is 2.29 bits per heavy atom. The van der Waals surface area contributed by atoms with Gasteiger partial charge in [0.1, 0.15) is 11.5 Å². The zero-order valence-corrected chi connectivity index (χ0v) is 14.1. The molecule has 0 saturated carbocycles. The average molecular weight is 354 g/mol. The highest BCUT2D eigenvalue weighted by atomic mass is 79.9. The first-order valence-electron chi connectivity index (χ1n) is 6.97. The second-order valence-electron chi connectivity index (χ2n) is 4.61. The maximum absolute atomic E-state index is 6.30. The summed E-state index contributed by atoms with van der Waals surface area (Å²) in [6, 6.07) is 7.23. The molecule has 21 heavy (non-hydrogen) atoms. The van der Waals surface area contributed by atoms with E-state index in [9.17, 15) is 0 Å². The molecule has 2 aromatic rings. The molecule has 0 aliphatic carbocycles. The van der Waals surface area contributed by atoms with Crippen molar-refractivity contribution < 1.29 is 13.9 Å². The molecule has 0 fully saturated rings. The third kappa shape index (κ3) is 3.60. The minimum absolute atomic E-state index is 0.358. The Balaban J connectivity index is 2.40. The van der Waals surface area contributed by atoms with Crippen molar-refractivity contribution >= 4 is 15.9 Å². The molecular weight excluding hydrogens is 334 g/mol. The van der Waals surface area contributed by atoms with Gasteiger partial charge in [0.05, 0.1) is 19.3 Å². The van der Waals surface area contributed by atoms with E-state index >= 15 is 0 Å². The van der Waals surface area contributed by atoms with Crippen molar-refractivity contribution in [3.63, 3.8) is 0 Å². The van der Waals surface area contributed by atoms with E-state index in [1.165, 1.54) is 0 Å². The van der Waals surface area contributed by atoms with Gasteiger partial charge in [-0.15, -0.1) is 0 Å². The van der Waals surface area contributed by atoms with E-state index < -0.39 is 0 Å². The Bertz CT molecular complexity index is 610. The van der Waals surface area contributed by atoms with Gasteiger partial charge >= 0.3 is 0 Å². The lowest BCUT2D eigenvalue weighted by Crippen LogP contribution is -2.12. The van der Waals surface area contributed by atoms with Crippen molar-refractivity contribution in [1.29, 1.82) is 0 Å². The largest absolute Gasteiger partial charge is 0.490 e. The molecule has 0 amide bonds. The normalized spacial score (nSPS) is 12.2. The summed E-state index contributed by atoms with van der Waals surface area (Å²) in [6.45, 7) is 6.92. The molecule has 4 nitrogen and oxygen atoms in total. The van der Waals surface area contributed by atoms with Gasteiger partial charge in [-0.2, -0.15) is 0 Å². The van der Waals surface area contributed by atoms with Gasteiger partial charge in [-0.1, -0.05) is 15.9 Å². The van der Waals surface area contributed by atoms with Crippen LogP contribution in [-0.4, -0.2) is 13.2 Å². The SMILES string of the molecule is CCOc1cc(Br)c(C(N)c2ccc(C)o2)cc1OCC. The molecule has 1 aromatic carbocycles. The van der Waals surface area contributed by atoms with Gasteiger partial charge in [0, 0.05) is 4.47 Å². The summed E-state index contributed by atoms with van der Waals surface area (Å²) in [6.07, 6.45) is 0. The predicted molar refractivity (Wildman–Crippen MR) is 86.0 cm³/mol. The molecule has 1 unspecified atom stereocenters. The highest BCUT2D eigenvalue weighted by molar-refractivity contribution is 9.10. The highest BCUT2D eigenvalue weighted by Gasteiger charge is 2.19. The number of hydrogen-bond donors (Lipinski definition) is 1. The van der Waals surface area contributed by atoms with Gasteiger partial charge in [-0.05, 0) is 50.6 Å². The molecule has 114 valence electrons. The van der Waals surface area contributed by atoms with Gasteiger partial charge in [0.15, 0.2) is 11.5 Å². The lowest BCUT2D eigenvalue weighted by molar-refractivity contribution is 0.287. The van der Waals surface area contributed by atoms with Crippen LogP contribution < -0.4 is 15.2 Å². The van der Waals surface area contributed by atoms with Gasteiger partial charge < -0.3 is 19.6 Å². The first kappa shape index (κ1) is 15.9. The molecule has 2 N–H and O–H groups in total.